The predicted molar refractivity (Wildman–Crippen MR) is 127 cm³/mol. The van der Waals surface area contributed by atoms with Crippen molar-refractivity contribution < 1.29 is 19.1 Å². The average molecular weight is 446 g/mol. The van der Waals surface area contributed by atoms with Crippen LogP contribution >= 0.6 is 0 Å². The molecule has 3 aromatic carbocycles. The van der Waals surface area contributed by atoms with Crippen LogP contribution in [0.4, 0.5) is 5.69 Å². The predicted octanol–water partition coefficient (Wildman–Crippen LogP) is 3.36. The molecule has 0 saturated carbocycles. The van der Waals surface area contributed by atoms with E-state index in [-0.39, 0.29) is 30.8 Å². The van der Waals surface area contributed by atoms with Crippen LogP contribution in [0, 0.1) is 0 Å². The lowest BCUT2D eigenvalue weighted by Crippen LogP contribution is -2.50. The summed E-state index contributed by atoms with van der Waals surface area (Å²) in [7, 11) is 1.58. The maximum absolute atomic E-state index is 13.5. The lowest BCUT2D eigenvalue weighted by Gasteiger charge is -2.30. The summed E-state index contributed by atoms with van der Waals surface area (Å²) in [5, 5.41) is 4.59. The largest absolute Gasteiger partial charge is 0.497 e. The van der Waals surface area contributed by atoms with E-state index in [1.54, 1.807) is 20.1 Å². The number of likely N-dealkylation sites (N-methyl/N-ethyl adjacent to an activating group) is 1. The number of rotatable bonds is 8. The number of nitrogens with zero attached hydrogens (tertiary/aromatic N) is 2. The molecule has 3 amide bonds. The standard InChI is InChI=1S/C26H27N3O4/c1-4-27-25(31)17(2)28(15-18-8-5-11-20(14-18)33-3)23(30)16-29-22-13-7-10-19-9-6-12-21(24(19)22)26(29)32/h5-14,17H,4,15-16H2,1-3H3,(H,27,31). The quantitative estimate of drug-likeness (QED) is 0.577. The maximum Gasteiger partial charge on any atom is 0.259 e. The van der Waals surface area contributed by atoms with Gasteiger partial charge >= 0.3 is 0 Å². The third-order valence-corrected chi connectivity index (χ3v) is 5.95. The van der Waals surface area contributed by atoms with Gasteiger partial charge in [0, 0.05) is 24.0 Å². The number of anilines is 1. The van der Waals surface area contributed by atoms with Crippen molar-refractivity contribution in [2.75, 3.05) is 25.1 Å². The van der Waals surface area contributed by atoms with Gasteiger partial charge in [-0.05, 0) is 49.1 Å². The Morgan fingerprint density at radius 3 is 2.55 bits per heavy atom. The molecular weight excluding hydrogens is 418 g/mol. The van der Waals surface area contributed by atoms with Gasteiger partial charge in [-0.15, -0.1) is 0 Å². The van der Waals surface area contributed by atoms with Crippen molar-refractivity contribution in [1.29, 1.82) is 0 Å². The Labute approximate surface area is 192 Å². The summed E-state index contributed by atoms with van der Waals surface area (Å²) in [6, 6.07) is 17.9. The van der Waals surface area contributed by atoms with Gasteiger partial charge in [0.1, 0.15) is 18.3 Å². The van der Waals surface area contributed by atoms with Crippen LogP contribution in [0.25, 0.3) is 10.8 Å². The normalized spacial score (nSPS) is 13.2. The van der Waals surface area contributed by atoms with Crippen LogP contribution in [0.1, 0.15) is 29.8 Å². The van der Waals surface area contributed by atoms with Crippen LogP contribution in [0.3, 0.4) is 0 Å². The molecule has 0 saturated heterocycles. The second-order valence-electron chi connectivity index (χ2n) is 8.02. The van der Waals surface area contributed by atoms with Crippen LogP contribution in [-0.2, 0) is 16.1 Å². The second kappa shape index (κ2) is 9.32. The van der Waals surface area contributed by atoms with Crippen molar-refractivity contribution in [3.05, 3.63) is 71.8 Å². The number of nitrogens with one attached hydrogen (secondary N) is 1. The van der Waals surface area contributed by atoms with Gasteiger partial charge in [-0.2, -0.15) is 0 Å². The minimum absolute atomic E-state index is 0.152. The highest BCUT2D eigenvalue weighted by Gasteiger charge is 2.34. The molecule has 0 fully saturated rings. The van der Waals surface area contributed by atoms with E-state index in [0.29, 0.717) is 23.5 Å². The molecule has 1 unspecified atom stereocenters. The molecular formula is C26H27N3O4. The van der Waals surface area contributed by atoms with Gasteiger partial charge in [0.05, 0.1) is 12.8 Å². The first kappa shape index (κ1) is 22.3. The molecule has 0 aliphatic carbocycles. The Hall–Kier alpha value is -3.87. The van der Waals surface area contributed by atoms with Gasteiger partial charge in [0.2, 0.25) is 11.8 Å². The molecule has 1 aliphatic rings. The van der Waals surface area contributed by atoms with Crippen LogP contribution in [0.15, 0.2) is 60.7 Å². The SMILES string of the molecule is CCNC(=O)C(C)N(Cc1cccc(OC)c1)C(=O)CN1C(=O)c2cccc3cccc1c23. The third-order valence-electron chi connectivity index (χ3n) is 5.95. The van der Waals surface area contributed by atoms with E-state index in [9.17, 15) is 14.4 Å². The summed E-state index contributed by atoms with van der Waals surface area (Å²) in [5.41, 5.74) is 2.14. The molecule has 0 radical (unpaired) electrons. The van der Waals surface area contributed by atoms with Crippen LogP contribution in [0.2, 0.25) is 0 Å². The fraction of sp³-hybridized carbons (Fsp3) is 0.269. The van der Waals surface area contributed by atoms with Crippen LogP contribution in [0.5, 0.6) is 5.75 Å². The smallest absolute Gasteiger partial charge is 0.259 e. The van der Waals surface area contributed by atoms with Crippen molar-refractivity contribution >= 4 is 34.2 Å². The molecule has 1 heterocycles. The van der Waals surface area contributed by atoms with Gasteiger partial charge in [-0.1, -0.05) is 36.4 Å². The maximum atomic E-state index is 13.5. The molecule has 0 spiro atoms. The van der Waals surface area contributed by atoms with E-state index in [0.717, 1.165) is 16.3 Å². The highest BCUT2D eigenvalue weighted by atomic mass is 16.5. The Balaban J connectivity index is 1.63. The van der Waals surface area contributed by atoms with Crippen molar-refractivity contribution in [3.63, 3.8) is 0 Å². The summed E-state index contributed by atoms with van der Waals surface area (Å²) < 4.78 is 5.30. The molecule has 170 valence electrons. The van der Waals surface area contributed by atoms with Gasteiger partial charge in [0.25, 0.3) is 5.91 Å². The lowest BCUT2D eigenvalue weighted by molar-refractivity contribution is -0.139. The molecule has 3 aromatic rings. The Kier molecular flexibility index (Phi) is 6.31. The minimum atomic E-state index is -0.709. The van der Waals surface area contributed by atoms with E-state index < -0.39 is 6.04 Å². The number of carbonyl (C=O) groups excluding carboxylic acids is 3. The average Bonchev–Trinajstić information content (AvgIpc) is 3.10. The van der Waals surface area contributed by atoms with Crippen LogP contribution < -0.4 is 15.0 Å². The minimum Gasteiger partial charge on any atom is -0.497 e. The van der Waals surface area contributed by atoms with Gasteiger partial charge in [-0.25, -0.2) is 0 Å². The second-order valence-corrected chi connectivity index (χ2v) is 8.02. The lowest BCUT2D eigenvalue weighted by atomic mass is 10.1. The molecule has 1 aliphatic heterocycles. The fourth-order valence-electron chi connectivity index (χ4n) is 4.23. The topological polar surface area (TPSA) is 79.0 Å². The van der Waals surface area contributed by atoms with Gasteiger partial charge in [0.15, 0.2) is 0 Å². The zero-order chi connectivity index (χ0) is 23.5. The molecule has 1 atom stereocenters. The van der Waals surface area contributed by atoms with E-state index >= 15 is 0 Å². The zero-order valence-corrected chi connectivity index (χ0v) is 19.0. The molecule has 4 rings (SSSR count). The molecule has 1 N–H and O–H groups in total. The van der Waals surface area contributed by atoms with Crippen molar-refractivity contribution in [2.24, 2.45) is 0 Å². The van der Waals surface area contributed by atoms with Gasteiger partial charge in [-0.3, -0.25) is 19.3 Å². The highest BCUT2D eigenvalue weighted by molar-refractivity contribution is 6.26. The third kappa shape index (κ3) is 4.26. The number of ether oxygens (including phenoxy) is 1. The van der Waals surface area contributed by atoms with Crippen molar-refractivity contribution in [3.8, 4) is 5.75 Å². The number of hydrogen-bond acceptors (Lipinski definition) is 4. The summed E-state index contributed by atoms with van der Waals surface area (Å²) in [4.78, 5) is 42.3. The Morgan fingerprint density at radius 2 is 1.82 bits per heavy atom. The summed E-state index contributed by atoms with van der Waals surface area (Å²) in [5.74, 6) is -0.0915. The highest BCUT2D eigenvalue weighted by Crippen LogP contribution is 2.37. The molecule has 7 nitrogen and oxygen atoms in total. The summed E-state index contributed by atoms with van der Waals surface area (Å²) >= 11 is 0. The monoisotopic (exact) mass is 445 g/mol. The van der Waals surface area contributed by atoms with Gasteiger partial charge < -0.3 is 15.0 Å². The Bertz CT molecular complexity index is 1220. The molecule has 0 aromatic heterocycles. The molecule has 33 heavy (non-hydrogen) atoms. The van der Waals surface area contributed by atoms with E-state index in [1.807, 2.05) is 61.5 Å². The van der Waals surface area contributed by atoms with E-state index in [4.69, 9.17) is 4.74 Å². The van der Waals surface area contributed by atoms with E-state index in [2.05, 4.69) is 5.32 Å². The number of amides is 3. The first-order valence-corrected chi connectivity index (χ1v) is 11.0. The van der Waals surface area contributed by atoms with Crippen molar-refractivity contribution in [1.82, 2.24) is 10.2 Å². The zero-order valence-electron chi connectivity index (χ0n) is 19.0. The van der Waals surface area contributed by atoms with Crippen molar-refractivity contribution in [2.45, 2.75) is 26.4 Å². The molecule has 0 bridgehead atoms. The number of carbonyl (C=O) groups is 3. The van der Waals surface area contributed by atoms with E-state index in [1.165, 1.54) is 9.80 Å². The first-order chi connectivity index (χ1) is 15.9. The first-order valence-electron chi connectivity index (χ1n) is 11.0. The number of hydrogen-bond donors (Lipinski definition) is 1. The summed E-state index contributed by atoms with van der Waals surface area (Å²) in [6.07, 6.45) is 0. The van der Waals surface area contributed by atoms with Crippen LogP contribution in [-0.4, -0.2) is 48.9 Å². The molecule has 7 heteroatoms. The Morgan fingerprint density at radius 1 is 1.09 bits per heavy atom. The fourth-order valence-corrected chi connectivity index (χ4v) is 4.23. The number of benzene rings is 3. The summed E-state index contributed by atoms with van der Waals surface area (Å²) in [6.45, 7) is 4.06. The number of methoxy groups -OCH3 is 1.